The van der Waals surface area contributed by atoms with E-state index in [9.17, 15) is 4.79 Å². The molecule has 4 nitrogen and oxygen atoms in total. The molecule has 0 saturated heterocycles. The molecule has 0 spiro atoms. The summed E-state index contributed by atoms with van der Waals surface area (Å²) in [4.78, 5) is 15.7. The second-order valence-electron chi connectivity index (χ2n) is 7.03. The van der Waals surface area contributed by atoms with Gasteiger partial charge in [0, 0.05) is 30.5 Å². The van der Waals surface area contributed by atoms with Crippen LogP contribution in [0.5, 0.6) is 0 Å². The van der Waals surface area contributed by atoms with Crippen LogP contribution < -0.4 is 5.32 Å². The summed E-state index contributed by atoms with van der Waals surface area (Å²) in [6, 6.07) is 29.0. The Balaban J connectivity index is 1.86. The van der Waals surface area contributed by atoms with Crippen molar-refractivity contribution in [1.82, 2.24) is 10.3 Å². The highest BCUT2D eigenvalue weighted by molar-refractivity contribution is 5.92. The number of H-pyrrole nitrogens is 1. The minimum atomic E-state index is -0.116. The second kappa shape index (κ2) is 8.76. The number of aromatic nitrogens is 1. The number of carbonyl (C=O) groups is 1. The minimum absolute atomic E-state index is 0.00311. The van der Waals surface area contributed by atoms with E-state index >= 15 is 0 Å². The molecule has 0 fully saturated rings. The quantitative estimate of drug-likeness (QED) is 0.484. The predicted molar refractivity (Wildman–Crippen MR) is 117 cm³/mol. The van der Waals surface area contributed by atoms with Gasteiger partial charge in [-0.15, -0.1) is 0 Å². The summed E-state index contributed by atoms with van der Waals surface area (Å²) >= 11 is 0. The number of methoxy groups -OCH3 is 1. The summed E-state index contributed by atoms with van der Waals surface area (Å²) in [6.45, 7) is 0.550. The Labute approximate surface area is 170 Å². The number of carbonyl (C=O) groups excluding carboxylic acids is 1. The fraction of sp³-hybridized carbons (Fsp3) is 0.160. The molecule has 0 radical (unpaired) electrons. The first kappa shape index (κ1) is 19.0. The molecule has 1 aromatic heterocycles. The number of benzene rings is 3. The largest absolute Gasteiger partial charge is 0.375 e. The number of hydrogen-bond donors (Lipinski definition) is 2. The summed E-state index contributed by atoms with van der Waals surface area (Å²) in [6.07, 6.45) is 0. The lowest BCUT2D eigenvalue weighted by Crippen LogP contribution is -2.31. The highest BCUT2D eigenvalue weighted by Crippen LogP contribution is 2.38. The van der Waals surface area contributed by atoms with E-state index in [2.05, 4.69) is 52.8 Å². The van der Waals surface area contributed by atoms with Crippen LogP contribution in [0.4, 0.5) is 0 Å². The summed E-state index contributed by atoms with van der Waals surface area (Å²) in [5.41, 5.74) is 5.65. The van der Waals surface area contributed by atoms with Crippen molar-refractivity contribution >= 4 is 16.8 Å². The molecule has 1 heterocycles. The lowest BCUT2D eigenvalue weighted by atomic mass is 9.87. The van der Waals surface area contributed by atoms with Gasteiger partial charge >= 0.3 is 0 Å². The van der Waals surface area contributed by atoms with Gasteiger partial charge in [0.2, 0.25) is 5.91 Å². The predicted octanol–water partition coefficient (Wildman–Crippen LogP) is 4.73. The maximum Gasteiger partial charge on any atom is 0.246 e. The molecule has 0 saturated carbocycles. The summed E-state index contributed by atoms with van der Waals surface area (Å²) < 4.78 is 4.98. The van der Waals surface area contributed by atoms with E-state index in [-0.39, 0.29) is 18.4 Å². The van der Waals surface area contributed by atoms with Crippen LogP contribution in [-0.4, -0.2) is 31.2 Å². The highest BCUT2D eigenvalue weighted by atomic mass is 16.5. The van der Waals surface area contributed by atoms with Crippen LogP contribution in [0.1, 0.15) is 17.0 Å². The Morgan fingerprint density at radius 2 is 1.59 bits per heavy atom. The van der Waals surface area contributed by atoms with Crippen molar-refractivity contribution < 1.29 is 9.53 Å². The molecule has 3 aromatic carbocycles. The molecule has 0 unspecified atom stereocenters. The van der Waals surface area contributed by atoms with E-state index in [4.69, 9.17) is 4.74 Å². The molecule has 2 N–H and O–H groups in total. The lowest BCUT2D eigenvalue weighted by Gasteiger charge is -2.20. The van der Waals surface area contributed by atoms with Gasteiger partial charge in [-0.1, -0.05) is 78.9 Å². The normalized spacial score (nSPS) is 12.0. The molecule has 4 aromatic rings. The Hall–Kier alpha value is -3.37. The molecule has 4 rings (SSSR count). The monoisotopic (exact) mass is 384 g/mol. The number of amides is 1. The third-order valence-electron chi connectivity index (χ3n) is 5.14. The summed E-state index contributed by atoms with van der Waals surface area (Å²) in [7, 11) is 1.53. The molecule has 1 atom stereocenters. The van der Waals surface area contributed by atoms with Gasteiger partial charge in [0.05, 0.1) is 5.69 Å². The third kappa shape index (κ3) is 4.08. The Morgan fingerprint density at radius 1 is 0.931 bits per heavy atom. The highest BCUT2D eigenvalue weighted by Gasteiger charge is 2.23. The van der Waals surface area contributed by atoms with Gasteiger partial charge in [0.25, 0.3) is 0 Å². The molecular weight excluding hydrogens is 360 g/mol. The molecule has 4 heteroatoms. The molecule has 0 aliphatic carbocycles. The van der Waals surface area contributed by atoms with Crippen molar-refractivity contribution in [3.8, 4) is 11.3 Å². The van der Waals surface area contributed by atoms with Crippen molar-refractivity contribution in [2.75, 3.05) is 20.3 Å². The van der Waals surface area contributed by atoms with Gasteiger partial charge in [-0.25, -0.2) is 0 Å². The van der Waals surface area contributed by atoms with Gasteiger partial charge in [0.1, 0.15) is 6.61 Å². The number of para-hydroxylation sites is 1. The zero-order valence-electron chi connectivity index (χ0n) is 16.4. The SMILES string of the molecule is COCC(=O)NC[C@H](c1ccccc1)c1c(-c2ccccc2)[nH]c2ccccc12. The van der Waals surface area contributed by atoms with Gasteiger partial charge in [0.15, 0.2) is 0 Å². The van der Waals surface area contributed by atoms with E-state index in [0.717, 1.165) is 22.3 Å². The maximum absolute atomic E-state index is 12.1. The average Bonchev–Trinajstić information content (AvgIpc) is 3.15. The molecule has 0 aliphatic rings. The maximum atomic E-state index is 12.1. The van der Waals surface area contributed by atoms with Crippen molar-refractivity contribution in [2.24, 2.45) is 0 Å². The molecule has 0 aliphatic heterocycles. The van der Waals surface area contributed by atoms with E-state index in [1.807, 2.05) is 42.5 Å². The topological polar surface area (TPSA) is 54.1 Å². The van der Waals surface area contributed by atoms with Crippen LogP contribution >= 0.6 is 0 Å². The number of ether oxygens (including phenoxy) is 1. The van der Waals surface area contributed by atoms with E-state index in [0.29, 0.717) is 6.54 Å². The second-order valence-corrected chi connectivity index (χ2v) is 7.03. The first-order chi connectivity index (χ1) is 14.3. The molecule has 29 heavy (non-hydrogen) atoms. The molecule has 146 valence electrons. The fourth-order valence-electron chi connectivity index (χ4n) is 3.83. The molecule has 1 amide bonds. The number of nitrogens with one attached hydrogen (secondary N) is 2. The van der Waals surface area contributed by atoms with Crippen LogP contribution in [0.2, 0.25) is 0 Å². The van der Waals surface area contributed by atoms with Crippen molar-refractivity contribution in [2.45, 2.75) is 5.92 Å². The number of fused-ring (bicyclic) bond motifs is 1. The minimum Gasteiger partial charge on any atom is -0.375 e. The average molecular weight is 384 g/mol. The van der Waals surface area contributed by atoms with Gasteiger partial charge in [-0.2, -0.15) is 0 Å². The first-order valence-electron chi connectivity index (χ1n) is 9.74. The van der Waals surface area contributed by atoms with Crippen LogP contribution in [0.3, 0.4) is 0 Å². The van der Waals surface area contributed by atoms with Crippen LogP contribution in [-0.2, 0) is 9.53 Å². The van der Waals surface area contributed by atoms with E-state index in [1.54, 1.807) is 0 Å². The Bertz CT molecular complexity index is 1090. The number of hydrogen-bond acceptors (Lipinski definition) is 2. The number of aromatic amines is 1. The zero-order chi connectivity index (χ0) is 20.1. The lowest BCUT2D eigenvalue weighted by molar-refractivity contribution is -0.124. The van der Waals surface area contributed by atoms with Gasteiger partial charge < -0.3 is 15.0 Å². The first-order valence-corrected chi connectivity index (χ1v) is 9.74. The van der Waals surface area contributed by atoms with Crippen LogP contribution in [0.15, 0.2) is 84.9 Å². The fourth-order valence-corrected chi connectivity index (χ4v) is 3.83. The number of rotatable bonds is 7. The van der Waals surface area contributed by atoms with E-state index in [1.165, 1.54) is 18.1 Å². The standard InChI is InChI=1S/C25H24N2O2/c1-29-17-23(28)26-16-21(18-10-4-2-5-11-18)24-20-14-8-9-15-22(20)27-25(24)19-12-6-3-7-13-19/h2-15,21,27H,16-17H2,1H3,(H,26,28)/t21-/m1/s1. The van der Waals surface area contributed by atoms with Crippen LogP contribution in [0, 0.1) is 0 Å². The van der Waals surface area contributed by atoms with E-state index < -0.39 is 0 Å². The van der Waals surface area contributed by atoms with Crippen LogP contribution in [0.25, 0.3) is 22.2 Å². The summed E-state index contributed by atoms with van der Waals surface area (Å²) in [5.74, 6) is -0.113. The third-order valence-corrected chi connectivity index (χ3v) is 5.14. The van der Waals surface area contributed by atoms with Gasteiger partial charge in [-0.3, -0.25) is 4.79 Å². The zero-order valence-corrected chi connectivity index (χ0v) is 16.4. The molecule has 0 bridgehead atoms. The van der Waals surface area contributed by atoms with Crippen molar-refractivity contribution in [1.29, 1.82) is 0 Å². The van der Waals surface area contributed by atoms with Crippen molar-refractivity contribution in [3.05, 3.63) is 96.1 Å². The smallest absolute Gasteiger partial charge is 0.246 e. The molecular formula is C25H24N2O2. The van der Waals surface area contributed by atoms with Crippen molar-refractivity contribution in [3.63, 3.8) is 0 Å². The van der Waals surface area contributed by atoms with Gasteiger partial charge in [-0.05, 0) is 22.8 Å². The Morgan fingerprint density at radius 3 is 2.31 bits per heavy atom. The summed E-state index contributed by atoms with van der Waals surface area (Å²) in [5, 5.41) is 4.20. The Kier molecular flexibility index (Phi) is 5.73.